The molecule has 0 unspecified atom stereocenters. The first-order chi connectivity index (χ1) is 8.47. The first-order valence-corrected chi connectivity index (χ1v) is 5.19. The zero-order chi connectivity index (χ0) is 14.9. The Kier molecular flexibility index (Phi) is 4.30. The Balaban J connectivity index is 2.89. The van der Waals surface area contributed by atoms with Crippen molar-refractivity contribution in [1.29, 1.82) is 0 Å². The number of rotatable bonds is 3. The van der Waals surface area contributed by atoms with E-state index >= 15 is 0 Å². The maximum Gasteiger partial charge on any atom is 0.426 e. The third-order valence-electron chi connectivity index (χ3n) is 2.37. The Bertz CT molecular complexity index is 416. The molecule has 0 aliphatic heterocycles. The zero-order valence-electron chi connectivity index (χ0n) is 9.06. The Morgan fingerprint density at radius 3 is 1.89 bits per heavy atom. The van der Waals surface area contributed by atoms with Gasteiger partial charge in [0.15, 0.2) is 5.15 Å². The molecule has 0 aromatic carbocycles. The fourth-order valence-corrected chi connectivity index (χ4v) is 1.33. The summed E-state index contributed by atoms with van der Waals surface area (Å²) in [5.74, 6) is 0. The lowest BCUT2D eigenvalue weighted by Crippen LogP contribution is -2.57. The van der Waals surface area contributed by atoms with Crippen molar-refractivity contribution >= 4 is 11.6 Å². The number of hydrogen-bond acceptors (Lipinski definition) is 3. The van der Waals surface area contributed by atoms with Crippen LogP contribution in [0.15, 0.2) is 12.1 Å². The number of aromatic nitrogens is 2. The highest BCUT2D eigenvalue weighted by Gasteiger charge is 2.69. The number of aryl methyl sites for hydroxylation is 1. The molecule has 0 atom stereocenters. The van der Waals surface area contributed by atoms with E-state index in [4.69, 9.17) is 16.7 Å². The SMILES string of the molecule is OC(CCc1ccc(Cl)nn1)(C(F)(F)F)C(F)(F)F. The molecule has 0 radical (unpaired) electrons. The number of alkyl halides is 6. The summed E-state index contributed by atoms with van der Waals surface area (Å²) in [4.78, 5) is 0. The van der Waals surface area contributed by atoms with E-state index in [1.54, 1.807) is 0 Å². The van der Waals surface area contributed by atoms with Gasteiger partial charge in [-0.15, -0.1) is 5.10 Å². The van der Waals surface area contributed by atoms with Crippen molar-refractivity contribution in [2.45, 2.75) is 30.8 Å². The molecule has 0 bridgehead atoms. The highest BCUT2D eigenvalue weighted by molar-refractivity contribution is 6.29. The van der Waals surface area contributed by atoms with Crippen LogP contribution in [-0.4, -0.2) is 33.3 Å². The van der Waals surface area contributed by atoms with Crippen LogP contribution in [0.3, 0.4) is 0 Å². The molecule has 3 nitrogen and oxygen atoms in total. The molecule has 108 valence electrons. The van der Waals surface area contributed by atoms with Gasteiger partial charge in [-0.1, -0.05) is 11.6 Å². The summed E-state index contributed by atoms with van der Waals surface area (Å²) in [6, 6.07) is 2.30. The van der Waals surface area contributed by atoms with Gasteiger partial charge in [0.25, 0.3) is 5.60 Å². The molecule has 0 saturated heterocycles. The third kappa shape index (κ3) is 3.47. The predicted octanol–water partition coefficient (Wildman–Crippen LogP) is 2.92. The van der Waals surface area contributed by atoms with Crippen LogP contribution in [0.2, 0.25) is 5.15 Å². The molecule has 0 spiro atoms. The van der Waals surface area contributed by atoms with Crippen molar-refractivity contribution in [1.82, 2.24) is 10.2 Å². The van der Waals surface area contributed by atoms with E-state index in [1.807, 2.05) is 0 Å². The molecular formula is C9H7ClF6N2O. The van der Waals surface area contributed by atoms with Gasteiger partial charge in [-0.25, -0.2) is 0 Å². The molecule has 0 aliphatic rings. The molecular weight excluding hydrogens is 302 g/mol. The molecule has 19 heavy (non-hydrogen) atoms. The van der Waals surface area contributed by atoms with Gasteiger partial charge in [0.05, 0.1) is 5.69 Å². The van der Waals surface area contributed by atoms with Crippen molar-refractivity contribution < 1.29 is 31.4 Å². The van der Waals surface area contributed by atoms with Crippen LogP contribution in [0.5, 0.6) is 0 Å². The quantitative estimate of drug-likeness (QED) is 0.873. The van der Waals surface area contributed by atoms with Gasteiger partial charge in [0, 0.05) is 0 Å². The Labute approximate surface area is 108 Å². The summed E-state index contributed by atoms with van der Waals surface area (Å²) in [6.07, 6.45) is -14.0. The second-order valence-electron chi connectivity index (χ2n) is 3.70. The second kappa shape index (κ2) is 5.12. The van der Waals surface area contributed by atoms with Gasteiger partial charge >= 0.3 is 12.4 Å². The summed E-state index contributed by atoms with van der Waals surface area (Å²) >= 11 is 5.36. The molecule has 0 amide bonds. The van der Waals surface area contributed by atoms with Crippen molar-refractivity contribution in [2.24, 2.45) is 0 Å². The monoisotopic (exact) mass is 308 g/mol. The van der Waals surface area contributed by atoms with Crippen molar-refractivity contribution in [3.63, 3.8) is 0 Å². The summed E-state index contributed by atoms with van der Waals surface area (Å²) in [5, 5.41) is 15.4. The molecule has 0 saturated carbocycles. The van der Waals surface area contributed by atoms with E-state index in [1.165, 1.54) is 6.07 Å². The fraction of sp³-hybridized carbons (Fsp3) is 0.556. The number of halogens is 7. The Morgan fingerprint density at radius 2 is 1.53 bits per heavy atom. The normalized spacial score (nSPS) is 13.7. The van der Waals surface area contributed by atoms with Crippen molar-refractivity contribution in [2.75, 3.05) is 0 Å². The van der Waals surface area contributed by atoms with Gasteiger partial charge in [-0.05, 0) is 25.0 Å². The lowest BCUT2D eigenvalue weighted by atomic mass is 9.95. The molecule has 1 heterocycles. The standard InChI is InChI=1S/C9H7ClF6N2O/c10-6-2-1-5(17-18-6)3-4-7(19,8(11,12)13)9(14,15)16/h1-2,19H,3-4H2. The number of hydrogen-bond donors (Lipinski definition) is 1. The summed E-state index contributed by atoms with van der Waals surface area (Å²) in [5.41, 5.74) is -4.92. The minimum atomic E-state index is -5.83. The van der Waals surface area contributed by atoms with E-state index in [2.05, 4.69) is 10.2 Å². The largest absolute Gasteiger partial charge is 0.426 e. The average Bonchev–Trinajstić information content (AvgIpc) is 2.24. The number of nitrogens with zero attached hydrogens (tertiary/aromatic N) is 2. The molecule has 1 aromatic heterocycles. The summed E-state index contributed by atoms with van der Waals surface area (Å²) in [7, 11) is 0. The van der Waals surface area contributed by atoms with Crippen LogP contribution < -0.4 is 0 Å². The summed E-state index contributed by atoms with van der Waals surface area (Å²) < 4.78 is 74.0. The molecule has 1 aromatic rings. The van der Waals surface area contributed by atoms with Crippen LogP contribution in [0.4, 0.5) is 26.3 Å². The van der Waals surface area contributed by atoms with E-state index in [-0.39, 0.29) is 10.8 Å². The van der Waals surface area contributed by atoms with E-state index < -0.39 is 30.8 Å². The fourth-order valence-electron chi connectivity index (χ4n) is 1.23. The lowest BCUT2D eigenvalue weighted by molar-refractivity contribution is -0.369. The second-order valence-corrected chi connectivity index (χ2v) is 4.09. The first kappa shape index (κ1) is 16.0. The smallest absolute Gasteiger partial charge is 0.374 e. The maximum atomic E-state index is 12.3. The van der Waals surface area contributed by atoms with Crippen LogP contribution in [0, 0.1) is 0 Å². The van der Waals surface area contributed by atoms with Crippen LogP contribution >= 0.6 is 11.6 Å². The molecule has 1 rings (SSSR count). The zero-order valence-corrected chi connectivity index (χ0v) is 9.81. The van der Waals surface area contributed by atoms with Crippen molar-refractivity contribution in [3.8, 4) is 0 Å². The van der Waals surface area contributed by atoms with Gasteiger partial charge in [-0.2, -0.15) is 31.4 Å². The van der Waals surface area contributed by atoms with E-state index in [9.17, 15) is 26.3 Å². The predicted molar refractivity (Wildman–Crippen MR) is 52.4 cm³/mol. The minimum Gasteiger partial charge on any atom is -0.374 e. The lowest BCUT2D eigenvalue weighted by Gasteiger charge is -2.32. The van der Waals surface area contributed by atoms with Crippen LogP contribution in [-0.2, 0) is 6.42 Å². The van der Waals surface area contributed by atoms with Crippen LogP contribution in [0.1, 0.15) is 12.1 Å². The number of aliphatic hydroxyl groups is 1. The van der Waals surface area contributed by atoms with E-state index in [0.717, 1.165) is 6.07 Å². The molecule has 10 heteroatoms. The third-order valence-corrected chi connectivity index (χ3v) is 2.57. The Hall–Kier alpha value is -1.09. The highest BCUT2D eigenvalue weighted by atomic mass is 35.5. The van der Waals surface area contributed by atoms with Crippen LogP contribution in [0.25, 0.3) is 0 Å². The Morgan fingerprint density at radius 1 is 1.00 bits per heavy atom. The van der Waals surface area contributed by atoms with Gasteiger partial charge < -0.3 is 5.11 Å². The highest BCUT2D eigenvalue weighted by Crippen LogP contribution is 2.45. The maximum absolute atomic E-state index is 12.3. The minimum absolute atomic E-state index is 0.0503. The van der Waals surface area contributed by atoms with Gasteiger partial charge in [-0.3, -0.25) is 0 Å². The first-order valence-electron chi connectivity index (χ1n) is 4.81. The molecule has 0 fully saturated rings. The van der Waals surface area contributed by atoms with E-state index in [0.29, 0.717) is 0 Å². The average molecular weight is 309 g/mol. The van der Waals surface area contributed by atoms with Gasteiger partial charge in [0.1, 0.15) is 0 Å². The van der Waals surface area contributed by atoms with Crippen molar-refractivity contribution in [3.05, 3.63) is 23.0 Å². The molecule has 0 aliphatic carbocycles. The van der Waals surface area contributed by atoms with Gasteiger partial charge in [0.2, 0.25) is 0 Å². The summed E-state index contributed by atoms with van der Waals surface area (Å²) in [6.45, 7) is 0. The topological polar surface area (TPSA) is 46.0 Å². The molecule has 1 N–H and O–H groups in total.